The molecular weight excluding hydrogens is 446 g/mol. The van der Waals surface area contributed by atoms with E-state index in [2.05, 4.69) is 15.9 Å². The summed E-state index contributed by atoms with van der Waals surface area (Å²) in [6, 6.07) is 10.9. The summed E-state index contributed by atoms with van der Waals surface area (Å²) in [4.78, 5) is 26.8. The van der Waals surface area contributed by atoms with Gasteiger partial charge in [0, 0.05) is 16.1 Å². The van der Waals surface area contributed by atoms with Gasteiger partial charge in [-0.05, 0) is 35.5 Å². The molecule has 0 unspecified atom stereocenters. The SMILES string of the molecule is COc1cc(OC)c(OC)cc1/C=C1/SC(=O)N(Cc2ccccc2Br)C1=O. The molecule has 1 aliphatic heterocycles. The number of carbonyl (C=O) groups excluding carboxylic acids is 2. The maximum absolute atomic E-state index is 12.8. The van der Waals surface area contributed by atoms with E-state index in [-0.39, 0.29) is 17.7 Å². The normalized spacial score (nSPS) is 15.3. The average molecular weight is 464 g/mol. The van der Waals surface area contributed by atoms with Gasteiger partial charge in [-0.25, -0.2) is 0 Å². The number of thioether (sulfide) groups is 1. The number of hydrogen-bond acceptors (Lipinski definition) is 6. The highest BCUT2D eigenvalue weighted by molar-refractivity contribution is 9.10. The Kier molecular flexibility index (Phi) is 6.31. The van der Waals surface area contributed by atoms with E-state index in [1.54, 1.807) is 18.2 Å². The molecule has 0 aromatic heterocycles. The van der Waals surface area contributed by atoms with Gasteiger partial charge < -0.3 is 14.2 Å². The van der Waals surface area contributed by atoms with Gasteiger partial charge in [0.25, 0.3) is 11.1 Å². The number of rotatable bonds is 6. The molecule has 3 rings (SSSR count). The summed E-state index contributed by atoms with van der Waals surface area (Å²) in [5, 5.41) is -0.313. The van der Waals surface area contributed by atoms with Gasteiger partial charge >= 0.3 is 0 Å². The van der Waals surface area contributed by atoms with E-state index in [0.717, 1.165) is 21.8 Å². The molecule has 0 aliphatic carbocycles. The van der Waals surface area contributed by atoms with Crippen LogP contribution in [0.1, 0.15) is 11.1 Å². The molecule has 2 aromatic rings. The van der Waals surface area contributed by atoms with Crippen LogP contribution in [0.5, 0.6) is 17.2 Å². The molecule has 6 nitrogen and oxygen atoms in total. The molecule has 0 bridgehead atoms. The smallest absolute Gasteiger partial charge is 0.293 e. The van der Waals surface area contributed by atoms with E-state index in [4.69, 9.17) is 14.2 Å². The van der Waals surface area contributed by atoms with Gasteiger partial charge in [-0.3, -0.25) is 14.5 Å². The minimum Gasteiger partial charge on any atom is -0.496 e. The van der Waals surface area contributed by atoms with E-state index in [1.165, 1.54) is 26.2 Å². The number of methoxy groups -OCH3 is 3. The zero-order chi connectivity index (χ0) is 20.3. The number of halogens is 1. The molecule has 28 heavy (non-hydrogen) atoms. The van der Waals surface area contributed by atoms with Crippen LogP contribution >= 0.6 is 27.7 Å². The average Bonchev–Trinajstić information content (AvgIpc) is 2.96. The first-order valence-electron chi connectivity index (χ1n) is 8.27. The van der Waals surface area contributed by atoms with Crippen LogP contribution in [0.3, 0.4) is 0 Å². The minimum atomic E-state index is -0.345. The number of ether oxygens (including phenoxy) is 3. The van der Waals surface area contributed by atoms with Crippen molar-refractivity contribution < 1.29 is 23.8 Å². The maximum atomic E-state index is 12.8. The van der Waals surface area contributed by atoms with Gasteiger partial charge in [-0.1, -0.05) is 34.1 Å². The molecule has 1 saturated heterocycles. The Morgan fingerprint density at radius 2 is 1.64 bits per heavy atom. The molecule has 146 valence electrons. The predicted octanol–water partition coefficient (Wildman–Crippen LogP) is 4.71. The van der Waals surface area contributed by atoms with E-state index < -0.39 is 0 Å². The maximum Gasteiger partial charge on any atom is 0.293 e. The third-order valence-corrected chi connectivity index (χ3v) is 5.86. The standard InChI is InChI=1S/C20H18BrNO5S/c1-25-15-10-17(27-3)16(26-2)8-13(15)9-18-19(23)22(20(24)28-18)11-12-6-4-5-7-14(12)21/h4-10H,11H2,1-3H3/b18-9+. The van der Waals surface area contributed by atoms with Crippen LogP contribution in [-0.4, -0.2) is 37.4 Å². The van der Waals surface area contributed by atoms with Crippen LogP contribution in [0, 0.1) is 0 Å². The molecule has 0 radical (unpaired) electrons. The van der Waals surface area contributed by atoms with Crippen LogP contribution in [0.15, 0.2) is 45.8 Å². The van der Waals surface area contributed by atoms with Crippen molar-refractivity contribution in [2.45, 2.75) is 6.54 Å². The zero-order valence-electron chi connectivity index (χ0n) is 15.5. The summed E-state index contributed by atoms with van der Waals surface area (Å²) in [5.41, 5.74) is 1.47. The topological polar surface area (TPSA) is 65.1 Å². The first kappa shape index (κ1) is 20.3. The fraction of sp³-hybridized carbons (Fsp3) is 0.200. The van der Waals surface area contributed by atoms with Crippen LogP contribution < -0.4 is 14.2 Å². The van der Waals surface area contributed by atoms with Gasteiger partial charge in [0.15, 0.2) is 11.5 Å². The van der Waals surface area contributed by atoms with Crippen molar-refractivity contribution in [2.75, 3.05) is 21.3 Å². The van der Waals surface area contributed by atoms with Gasteiger partial charge in [0.1, 0.15) is 5.75 Å². The van der Waals surface area contributed by atoms with Crippen molar-refractivity contribution >= 4 is 44.9 Å². The van der Waals surface area contributed by atoms with E-state index >= 15 is 0 Å². The molecule has 2 aromatic carbocycles. The highest BCUT2D eigenvalue weighted by atomic mass is 79.9. The summed E-state index contributed by atoms with van der Waals surface area (Å²) in [5.74, 6) is 1.18. The van der Waals surface area contributed by atoms with Gasteiger partial charge in [-0.2, -0.15) is 0 Å². The van der Waals surface area contributed by atoms with Crippen LogP contribution in [0.4, 0.5) is 4.79 Å². The van der Waals surface area contributed by atoms with Crippen LogP contribution in [0.2, 0.25) is 0 Å². The molecule has 0 N–H and O–H groups in total. The zero-order valence-corrected chi connectivity index (χ0v) is 17.9. The van der Waals surface area contributed by atoms with E-state index in [9.17, 15) is 9.59 Å². The van der Waals surface area contributed by atoms with Crippen molar-refractivity contribution in [1.29, 1.82) is 0 Å². The highest BCUT2D eigenvalue weighted by Gasteiger charge is 2.35. The first-order valence-corrected chi connectivity index (χ1v) is 9.88. The lowest BCUT2D eigenvalue weighted by Gasteiger charge is -2.14. The molecular formula is C20H18BrNO5S. The largest absolute Gasteiger partial charge is 0.496 e. The molecule has 1 fully saturated rings. The van der Waals surface area contributed by atoms with Crippen LogP contribution in [-0.2, 0) is 11.3 Å². The van der Waals surface area contributed by atoms with Crippen LogP contribution in [0.25, 0.3) is 6.08 Å². The number of nitrogens with zero attached hydrogens (tertiary/aromatic N) is 1. The third kappa shape index (κ3) is 4.02. The van der Waals surface area contributed by atoms with Crippen molar-refractivity contribution in [3.8, 4) is 17.2 Å². The lowest BCUT2D eigenvalue weighted by Crippen LogP contribution is -2.27. The molecule has 0 atom stereocenters. The molecule has 0 saturated carbocycles. The fourth-order valence-corrected chi connectivity index (χ4v) is 3.98. The second kappa shape index (κ2) is 8.70. The monoisotopic (exact) mass is 463 g/mol. The fourth-order valence-electron chi connectivity index (χ4n) is 2.74. The molecule has 1 aliphatic rings. The van der Waals surface area contributed by atoms with Crippen molar-refractivity contribution in [2.24, 2.45) is 0 Å². The molecule has 1 heterocycles. The quantitative estimate of drug-likeness (QED) is 0.577. The Labute approximate surface area is 175 Å². The lowest BCUT2D eigenvalue weighted by atomic mass is 10.1. The summed E-state index contributed by atoms with van der Waals surface area (Å²) in [6.45, 7) is 0.201. The van der Waals surface area contributed by atoms with Crippen molar-refractivity contribution in [3.63, 3.8) is 0 Å². The minimum absolute atomic E-state index is 0.201. The number of hydrogen-bond donors (Lipinski definition) is 0. The second-order valence-corrected chi connectivity index (χ2v) is 7.66. The summed E-state index contributed by atoms with van der Waals surface area (Å²) < 4.78 is 16.8. The Hall–Kier alpha value is -2.45. The summed E-state index contributed by atoms with van der Waals surface area (Å²) in [7, 11) is 4.58. The van der Waals surface area contributed by atoms with Gasteiger partial charge in [0.05, 0.1) is 32.8 Å². The number of amides is 2. The third-order valence-electron chi connectivity index (χ3n) is 4.18. The Balaban J connectivity index is 1.92. The Morgan fingerprint density at radius 1 is 1.00 bits per heavy atom. The summed E-state index contributed by atoms with van der Waals surface area (Å²) >= 11 is 4.35. The van der Waals surface area contributed by atoms with Crippen molar-refractivity contribution in [3.05, 3.63) is 56.9 Å². The number of imide groups is 1. The lowest BCUT2D eigenvalue weighted by molar-refractivity contribution is -0.123. The van der Waals surface area contributed by atoms with E-state index in [0.29, 0.717) is 27.7 Å². The Morgan fingerprint density at radius 3 is 2.29 bits per heavy atom. The molecule has 2 amide bonds. The summed E-state index contributed by atoms with van der Waals surface area (Å²) in [6.07, 6.45) is 1.63. The number of carbonyl (C=O) groups is 2. The van der Waals surface area contributed by atoms with E-state index in [1.807, 2.05) is 24.3 Å². The van der Waals surface area contributed by atoms with Gasteiger partial charge in [-0.15, -0.1) is 0 Å². The Bertz CT molecular complexity index is 960. The predicted molar refractivity (Wildman–Crippen MR) is 112 cm³/mol. The molecule has 0 spiro atoms. The van der Waals surface area contributed by atoms with Crippen molar-refractivity contribution in [1.82, 2.24) is 4.90 Å². The highest BCUT2D eigenvalue weighted by Crippen LogP contribution is 2.39. The molecule has 8 heteroatoms. The number of benzene rings is 2. The first-order chi connectivity index (χ1) is 13.5. The second-order valence-electron chi connectivity index (χ2n) is 5.81. The van der Waals surface area contributed by atoms with Gasteiger partial charge in [0.2, 0.25) is 0 Å².